The number of carbonyl (C=O) groups excluding carboxylic acids is 1. The Morgan fingerprint density at radius 3 is 2.39 bits per heavy atom. The van der Waals surface area contributed by atoms with Crippen LogP contribution in [0.25, 0.3) is 10.8 Å². The van der Waals surface area contributed by atoms with Crippen molar-refractivity contribution >= 4 is 32.4 Å². The van der Waals surface area contributed by atoms with Gasteiger partial charge < -0.3 is 5.32 Å². The Bertz CT molecular complexity index is 1280. The maximum atomic E-state index is 13.1. The highest BCUT2D eigenvalue weighted by molar-refractivity contribution is 7.92. The number of aromatic nitrogens is 2. The first kappa shape index (κ1) is 22.5. The van der Waals surface area contributed by atoms with E-state index < -0.39 is 22.0 Å². The molecule has 1 amide bonds. The molecular weight excluding hydrogens is 416 g/mol. The van der Waals surface area contributed by atoms with Crippen molar-refractivity contribution in [3.63, 3.8) is 0 Å². The van der Waals surface area contributed by atoms with Crippen LogP contribution in [0.1, 0.15) is 42.9 Å². The summed E-state index contributed by atoms with van der Waals surface area (Å²) in [6, 6.07) is 13.3. The number of fused-ring (bicyclic) bond motifs is 1. The van der Waals surface area contributed by atoms with E-state index in [0.29, 0.717) is 23.0 Å². The SMILES string of the molecule is CC(C)Cn1nc(C(=O)NC(C)c2cccc(NS(C)(=O)=O)c2)c2ccccc2c1=O. The van der Waals surface area contributed by atoms with Crippen LogP contribution in [-0.2, 0) is 16.6 Å². The Balaban J connectivity index is 1.94. The number of rotatable bonds is 7. The first-order chi connectivity index (χ1) is 14.5. The maximum absolute atomic E-state index is 13.1. The average molecular weight is 443 g/mol. The van der Waals surface area contributed by atoms with E-state index in [9.17, 15) is 18.0 Å². The van der Waals surface area contributed by atoms with Crippen molar-refractivity contribution in [1.82, 2.24) is 15.1 Å². The molecule has 1 aromatic heterocycles. The number of sulfonamides is 1. The standard InChI is InChI=1S/C22H26N4O4S/c1-14(2)13-26-22(28)19-11-6-5-10-18(19)20(24-26)21(27)23-15(3)16-8-7-9-17(12-16)25-31(4,29)30/h5-12,14-15,25H,13H2,1-4H3,(H,23,27). The van der Waals surface area contributed by atoms with Gasteiger partial charge in [-0.05, 0) is 36.6 Å². The van der Waals surface area contributed by atoms with Gasteiger partial charge in [-0.3, -0.25) is 14.3 Å². The summed E-state index contributed by atoms with van der Waals surface area (Å²) in [5.74, 6) is -0.228. The Morgan fingerprint density at radius 1 is 1.06 bits per heavy atom. The lowest BCUT2D eigenvalue weighted by molar-refractivity contribution is 0.0934. The summed E-state index contributed by atoms with van der Waals surface area (Å²) in [5, 5.41) is 8.18. The molecule has 8 nitrogen and oxygen atoms in total. The Kier molecular flexibility index (Phi) is 6.45. The number of amides is 1. The van der Waals surface area contributed by atoms with E-state index in [0.717, 1.165) is 11.8 Å². The summed E-state index contributed by atoms with van der Waals surface area (Å²) in [6.07, 6.45) is 1.08. The van der Waals surface area contributed by atoms with E-state index in [1.807, 2.05) is 13.8 Å². The molecule has 2 aromatic carbocycles. The molecule has 31 heavy (non-hydrogen) atoms. The Labute approximate surface area is 181 Å². The molecule has 0 spiro atoms. The largest absolute Gasteiger partial charge is 0.344 e. The number of benzene rings is 2. The van der Waals surface area contributed by atoms with Crippen molar-refractivity contribution in [2.45, 2.75) is 33.4 Å². The predicted octanol–water partition coefficient (Wildman–Crippen LogP) is 2.92. The highest BCUT2D eigenvalue weighted by Gasteiger charge is 2.19. The molecule has 0 radical (unpaired) electrons. The minimum absolute atomic E-state index is 0.174. The van der Waals surface area contributed by atoms with E-state index >= 15 is 0 Å². The minimum atomic E-state index is -3.41. The van der Waals surface area contributed by atoms with Crippen LogP contribution in [0.4, 0.5) is 5.69 Å². The monoisotopic (exact) mass is 442 g/mol. The van der Waals surface area contributed by atoms with E-state index in [-0.39, 0.29) is 17.2 Å². The van der Waals surface area contributed by atoms with Crippen molar-refractivity contribution < 1.29 is 13.2 Å². The number of nitrogens with zero attached hydrogens (tertiary/aromatic N) is 2. The maximum Gasteiger partial charge on any atom is 0.274 e. The molecule has 0 aliphatic carbocycles. The molecule has 1 heterocycles. The molecule has 3 rings (SSSR count). The fraction of sp³-hybridized carbons (Fsp3) is 0.318. The number of carbonyl (C=O) groups is 1. The second-order valence-corrected chi connectivity index (χ2v) is 9.72. The van der Waals surface area contributed by atoms with Gasteiger partial charge in [0, 0.05) is 17.6 Å². The van der Waals surface area contributed by atoms with E-state index in [4.69, 9.17) is 0 Å². The van der Waals surface area contributed by atoms with Gasteiger partial charge in [-0.1, -0.05) is 44.2 Å². The summed E-state index contributed by atoms with van der Waals surface area (Å²) in [6.45, 7) is 6.15. The van der Waals surface area contributed by atoms with Crippen LogP contribution in [0, 0.1) is 5.92 Å². The van der Waals surface area contributed by atoms with Gasteiger partial charge in [0.25, 0.3) is 11.5 Å². The van der Waals surface area contributed by atoms with Crippen LogP contribution >= 0.6 is 0 Å². The molecule has 1 unspecified atom stereocenters. The van der Waals surface area contributed by atoms with Crippen LogP contribution in [0.3, 0.4) is 0 Å². The van der Waals surface area contributed by atoms with Crippen LogP contribution < -0.4 is 15.6 Å². The fourth-order valence-corrected chi connectivity index (χ4v) is 3.86. The number of nitrogens with one attached hydrogen (secondary N) is 2. The number of hydrogen-bond donors (Lipinski definition) is 2. The first-order valence-electron chi connectivity index (χ1n) is 9.93. The van der Waals surface area contributed by atoms with Gasteiger partial charge in [0.15, 0.2) is 5.69 Å². The lowest BCUT2D eigenvalue weighted by Gasteiger charge is -2.17. The van der Waals surface area contributed by atoms with Crippen LogP contribution in [0.5, 0.6) is 0 Å². The molecule has 0 bridgehead atoms. The molecule has 0 fully saturated rings. The molecule has 164 valence electrons. The predicted molar refractivity (Wildman–Crippen MR) is 122 cm³/mol. The summed E-state index contributed by atoms with van der Waals surface area (Å²) < 4.78 is 26.7. The van der Waals surface area contributed by atoms with Crippen molar-refractivity contribution in [1.29, 1.82) is 0 Å². The molecule has 9 heteroatoms. The summed E-state index contributed by atoms with van der Waals surface area (Å²) in [7, 11) is -3.41. The zero-order valence-corrected chi connectivity index (χ0v) is 18.7. The summed E-state index contributed by atoms with van der Waals surface area (Å²) in [4.78, 5) is 25.9. The molecule has 0 aliphatic rings. The molecule has 0 aliphatic heterocycles. The molecular formula is C22H26N4O4S. The third-order valence-electron chi connectivity index (χ3n) is 4.66. The van der Waals surface area contributed by atoms with Gasteiger partial charge >= 0.3 is 0 Å². The molecule has 3 aromatic rings. The van der Waals surface area contributed by atoms with Crippen molar-refractivity contribution in [3.05, 3.63) is 70.1 Å². The van der Waals surface area contributed by atoms with Crippen molar-refractivity contribution in [2.75, 3.05) is 11.0 Å². The third kappa shape index (κ3) is 5.49. The lowest BCUT2D eigenvalue weighted by Crippen LogP contribution is -2.32. The van der Waals surface area contributed by atoms with Gasteiger partial charge in [0.2, 0.25) is 10.0 Å². The highest BCUT2D eigenvalue weighted by Crippen LogP contribution is 2.20. The smallest absolute Gasteiger partial charge is 0.274 e. The molecule has 0 saturated carbocycles. The topological polar surface area (TPSA) is 110 Å². The highest BCUT2D eigenvalue weighted by atomic mass is 32.2. The second-order valence-electron chi connectivity index (χ2n) is 7.97. The zero-order chi connectivity index (χ0) is 22.8. The number of anilines is 1. The summed E-state index contributed by atoms with van der Waals surface area (Å²) >= 11 is 0. The normalized spacial score (nSPS) is 12.7. The van der Waals surface area contributed by atoms with Crippen LogP contribution in [-0.4, -0.2) is 30.4 Å². The third-order valence-corrected chi connectivity index (χ3v) is 5.26. The van der Waals surface area contributed by atoms with Crippen molar-refractivity contribution in [3.8, 4) is 0 Å². The molecule has 0 saturated heterocycles. The van der Waals surface area contributed by atoms with E-state index in [2.05, 4.69) is 15.1 Å². The van der Waals surface area contributed by atoms with Crippen LogP contribution in [0.2, 0.25) is 0 Å². The quantitative estimate of drug-likeness (QED) is 0.585. The molecule has 1 atom stereocenters. The number of hydrogen-bond acceptors (Lipinski definition) is 5. The Morgan fingerprint density at radius 2 is 1.74 bits per heavy atom. The summed E-state index contributed by atoms with van der Waals surface area (Å²) in [5.41, 5.74) is 1.08. The van der Waals surface area contributed by atoms with Gasteiger partial charge in [0.1, 0.15) is 0 Å². The van der Waals surface area contributed by atoms with Gasteiger partial charge in [-0.15, -0.1) is 0 Å². The van der Waals surface area contributed by atoms with Gasteiger partial charge in [-0.25, -0.2) is 13.1 Å². The first-order valence-corrected chi connectivity index (χ1v) is 11.8. The zero-order valence-electron chi connectivity index (χ0n) is 17.9. The van der Waals surface area contributed by atoms with E-state index in [1.165, 1.54) is 4.68 Å². The Hall–Kier alpha value is -3.20. The lowest BCUT2D eigenvalue weighted by atomic mass is 10.1. The average Bonchev–Trinajstić information content (AvgIpc) is 2.68. The molecule has 2 N–H and O–H groups in total. The van der Waals surface area contributed by atoms with E-state index in [1.54, 1.807) is 55.5 Å². The van der Waals surface area contributed by atoms with Crippen molar-refractivity contribution in [2.24, 2.45) is 5.92 Å². The van der Waals surface area contributed by atoms with Gasteiger partial charge in [0.05, 0.1) is 17.7 Å². The second kappa shape index (κ2) is 8.89. The van der Waals surface area contributed by atoms with Crippen LogP contribution in [0.15, 0.2) is 53.3 Å². The fourth-order valence-electron chi connectivity index (χ4n) is 3.31. The van der Waals surface area contributed by atoms with Gasteiger partial charge in [-0.2, -0.15) is 5.10 Å². The minimum Gasteiger partial charge on any atom is -0.344 e.